The van der Waals surface area contributed by atoms with Crippen molar-refractivity contribution in [1.82, 2.24) is 14.8 Å². The second kappa shape index (κ2) is 9.23. The van der Waals surface area contributed by atoms with Crippen LogP contribution < -0.4 is 14.2 Å². The minimum absolute atomic E-state index is 0.143. The highest BCUT2D eigenvalue weighted by Gasteiger charge is 2.16. The quantitative estimate of drug-likeness (QED) is 0.297. The zero-order valence-electron chi connectivity index (χ0n) is 18.7. The largest absolute Gasteiger partial charge is 0.493 e. The van der Waals surface area contributed by atoms with Crippen molar-refractivity contribution in [1.29, 1.82) is 0 Å². The molecule has 0 aliphatic heterocycles. The first kappa shape index (κ1) is 21.5. The van der Waals surface area contributed by atoms with E-state index in [1.165, 1.54) is 6.07 Å². The molecule has 0 radical (unpaired) electrons. The molecule has 0 aliphatic carbocycles. The molecule has 2 heterocycles. The lowest BCUT2D eigenvalue weighted by Crippen LogP contribution is -1.99. The SMILES string of the molecule is COc1cc2nccc(Oc3c(F)cccc3-c3ccc(Cn4cccn4)cc3)c2cc1OC. The second-order valence-electron chi connectivity index (χ2n) is 7.65. The molecule has 5 aromatic rings. The van der Waals surface area contributed by atoms with Crippen LogP contribution in [0.4, 0.5) is 4.39 Å². The molecule has 0 spiro atoms. The maximum absolute atomic E-state index is 15.0. The lowest BCUT2D eigenvalue weighted by Gasteiger charge is -2.15. The van der Waals surface area contributed by atoms with Crippen LogP contribution in [0.15, 0.2) is 85.3 Å². The minimum atomic E-state index is -0.455. The number of fused-ring (bicyclic) bond motifs is 1. The number of methoxy groups -OCH3 is 2. The van der Waals surface area contributed by atoms with Gasteiger partial charge in [-0.3, -0.25) is 9.67 Å². The third-order valence-electron chi connectivity index (χ3n) is 5.55. The first-order chi connectivity index (χ1) is 16.7. The van der Waals surface area contributed by atoms with Crippen molar-refractivity contribution in [3.63, 3.8) is 0 Å². The Labute approximate surface area is 196 Å². The highest BCUT2D eigenvalue weighted by atomic mass is 19.1. The molecule has 0 aliphatic rings. The van der Waals surface area contributed by atoms with Crippen molar-refractivity contribution in [2.75, 3.05) is 14.2 Å². The summed E-state index contributed by atoms with van der Waals surface area (Å²) in [5.41, 5.74) is 3.23. The average Bonchev–Trinajstić information content (AvgIpc) is 3.38. The van der Waals surface area contributed by atoms with Crippen LogP contribution >= 0.6 is 0 Å². The number of hydrogen-bond acceptors (Lipinski definition) is 5. The van der Waals surface area contributed by atoms with Crippen LogP contribution in [0.2, 0.25) is 0 Å². The molecular weight excluding hydrogens is 433 g/mol. The van der Waals surface area contributed by atoms with Gasteiger partial charge >= 0.3 is 0 Å². The van der Waals surface area contributed by atoms with E-state index in [-0.39, 0.29) is 5.75 Å². The van der Waals surface area contributed by atoms with Crippen molar-refractivity contribution in [3.05, 3.63) is 96.7 Å². The molecule has 5 rings (SSSR count). The molecule has 0 saturated carbocycles. The van der Waals surface area contributed by atoms with Crippen molar-refractivity contribution in [2.45, 2.75) is 6.54 Å². The van der Waals surface area contributed by atoms with E-state index in [0.717, 1.165) is 11.1 Å². The molecule has 34 heavy (non-hydrogen) atoms. The Balaban J connectivity index is 1.52. The summed E-state index contributed by atoms with van der Waals surface area (Å²) in [5, 5.41) is 4.92. The lowest BCUT2D eigenvalue weighted by molar-refractivity contribution is 0.355. The Morgan fingerprint density at radius 3 is 2.38 bits per heavy atom. The first-order valence-corrected chi connectivity index (χ1v) is 10.7. The predicted octanol–water partition coefficient (Wildman–Crippen LogP) is 6.10. The summed E-state index contributed by atoms with van der Waals surface area (Å²) in [6.07, 6.45) is 5.28. The fraction of sp³-hybridized carbons (Fsp3) is 0.111. The van der Waals surface area contributed by atoms with Crippen LogP contribution in [0.3, 0.4) is 0 Å². The number of para-hydroxylation sites is 1. The summed E-state index contributed by atoms with van der Waals surface area (Å²) >= 11 is 0. The molecule has 7 heteroatoms. The van der Waals surface area contributed by atoms with Crippen LogP contribution in [-0.4, -0.2) is 29.0 Å². The minimum Gasteiger partial charge on any atom is -0.493 e. The Bertz CT molecular complexity index is 1430. The number of aromatic nitrogens is 3. The summed E-state index contributed by atoms with van der Waals surface area (Å²) in [4.78, 5) is 4.39. The van der Waals surface area contributed by atoms with E-state index in [0.29, 0.717) is 40.3 Å². The van der Waals surface area contributed by atoms with Crippen LogP contribution in [0.5, 0.6) is 23.0 Å². The fourth-order valence-corrected chi connectivity index (χ4v) is 3.86. The van der Waals surface area contributed by atoms with Gasteiger partial charge in [-0.05, 0) is 35.4 Å². The summed E-state index contributed by atoms with van der Waals surface area (Å²) < 4.78 is 33.8. The van der Waals surface area contributed by atoms with E-state index in [9.17, 15) is 0 Å². The molecular formula is C27H22FN3O3. The van der Waals surface area contributed by atoms with Crippen LogP contribution in [0, 0.1) is 5.82 Å². The fourth-order valence-electron chi connectivity index (χ4n) is 3.86. The summed E-state index contributed by atoms with van der Waals surface area (Å²) in [5.74, 6) is 1.25. The van der Waals surface area contributed by atoms with E-state index in [1.54, 1.807) is 50.9 Å². The van der Waals surface area contributed by atoms with E-state index >= 15 is 4.39 Å². The van der Waals surface area contributed by atoms with Gasteiger partial charge in [-0.2, -0.15) is 5.10 Å². The maximum atomic E-state index is 15.0. The molecule has 0 unspecified atom stereocenters. The molecule has 0 amide bonds. The lowest BCUT2D eigenvalue weighted by atomic mass is 10.0. The van der Waals surface area contributed by atoms with E-state index < -0.39 is 5.82 Å². The molecule has 6 nitrogen and oxygen atoms in total. The molecule has 0 bridgehead atoms. The van der Waals surface area contributed by atoms with Gasteiger partial charge in [0.05, 0.1) is 26.3 Å². The highest BCUT2D eigenvalue weighted by molar-refractivity contribution is 5.88. The predicted molar refractivity (Wildman–Crippen MR) is 128 cm³/mol. The third kappa shape index (κ3) is 4.15. The molecule has 2 aromatic heterocycles. The Kier molecular flexibility index (Phi) is 5.82. The molecule has 3 aromatic carbocycles. The Morgan fingerprint density at radius 1 is 0.853 bits per heavy atom. The van der Waals surface area contributed by atoms with Crippen LogP contribution in [0.25, 0.3) is 22.0 Å². The van der Waals surface area contributed by atoms with E-state index in [4.69, 9.17) is 14.2 Å². The van der Waals surface area contributed by atoms with Crippen LogP contribution in [0.1, 0.15) is 5.56 Å². The summed E-state index contributed by atoms with van der Waals surface area (Å²) in [6, 6.07) is 20.0. The number of ether oxygens (including phenoxy) is 3. The van der Waals surface area contributed by atoms with Crippen molar-refractivity contribution in [2.24, 2.45) is 0 Å². The Hall–Kier alpha value is -4.39. The van der Waals surface area contributed by atoms with Crippen LogP contribution in [-0.2, 0) is 6.54 Å². The van der Waals surface area contributed by atoms with Crippen molar-refractivity contribution >= 4 is 10.9 Å². The van der Waals surface area contributed by atoms with Gasteiger partial charge in [0.1, 0.15) is 5.75 Å². The van der Waals surface area contributed by atoms with E-state index in [2.05, 4.69) is 10.1 Å². The van der Waals surface area contributed by atoms with Gasteiger partial charge in [-0.1, -0.05) is 36.4 Å². The normalized spacial score (nSPS) is 10.9. The zero-order valence-corrected chi connectivity index (χ0v) is 18.7. The number of nitrogens with zero attached hydrogens (tertiary/aromatic N) is 3. The van der Waals surface area contributed by atoms with Gasteiger partial charge in [-0.25, -0.2) is 4.39 Å². The zero-order chi connectivity index (χ0) is 23.5. The number of halogens is 1. The Morgan fingerprint density at radius 2 is 1.65 bits per heavy atom. The van der Waals surface area contributed by atoms with Crippen molar-refractivity contribution in [3.8, 4) is 34.1 Å². The van der Waals surface area contributed by atoms with Gasteiger partial charge in [0.2, 0.25) is 0 Å². The summed E-state index contributed by atoms with van der Waals surface area (Å²) in [6.45, 7) is 0.661. The van der Waals surface area contributed by atoms with Gasteiger partial charge in [0.25, 0.3) is 0 Å². The third-order valence-corrected chi connectivity index (χ3v) is 5.55. The monoisotopic (exact) mass is 455 g/mol. The number of rotatable bonds is 7. The van der Waals surface area contributed by atoms with Crippen molar-refractivity contribution < 1.29 is 18.6 Å². The average molecular weight is 455 g/mol. The standard InChI is InChI=1S/C27H22FN3O3/c1-32-25-15-21-23(16-26(25)33-2)29-13-11-24(21)34-27-20(5-3-6-22(27)28)19-9-7-18(8-10-19)17-31-14-4-12-30-31/h3-16H,17H2,1-2H3. The molecule has 0 saturated heterocycles. The molecule has 0 fully saturated rings. The topological polar surface area (TPSA) is 58.4 Å². The molecule has 0 N–H and O–H groups in total. The highest BCUT2D eigenvalue weighted by Crippen LogP contribution is 2.40. The van der Waals surface area contributed by atoms with Gasteiger partial charge in [0.15, 0.2) is 23.1 Å². The van der Waals surface area contributed by atoms with E-state index in [1.807, 2.05) is 47.3 Å². The first-order valence-electron chi connectivity index (χ1n) is 10.7. The van der Waals surface area contributed by atoms with Gasteiger partial charge in [0, 0.05) is 35.6 Å². The van der Waals surface area contributed by atoms with Gasteiger partial charge in [-0.15, -0.1) is 0 Å². The smallest absolute Gasteiger partial charge is 0.170 e. The number of pyridine rings is 1. The molecule has 170 valence electrons. The van der Waals surface area contributed by atoms with Gasteiger partial charge < -0.3 is 14.2 Å². The summed E-state index contributed by atoms with van der Waals surface area (Å²) in [7, 11) is 3.13. The second-order valence-corrected chi connectivity index (χ2v) is 7.65. The number of benzene rings is 3. The number of hydrogen-bond donors (Lipinski definition) is 0. The molecule has 0 atom stereocenters. The maximum Gasteiger partial charge on any atom is 0.170 e.